The van der Waals surface area contributed by atoms with Gasteiger partial charge in [-0.05, 0) is 29.9 Å². The Kier molecular flexibility index (Phi) is 7.03. The van der Waals surface area contributed by atoms with Gasteiger partial charge in [-0.1, -0.05) is 60.7 Å². The van der Waals surface area contributed by atoms with Crippen molar-refractivity contribution in [2.75, 3.05) is 19.7 Å². The fourth-order valence-electron chi connectivity index (χ4n) is 3.33. The summed E-state index contributed by atoms with van der Waals surface area (Å²) in [6, 6.07) is 17.8. The van der Waals surface area contributed by atoms with Crippen molar-refractivity contribution < 1.29 is 19.4 Å². The molecule has 148 valence electrons. The van der Waals surface area contributed by atoms with Gasteiger partial charge in [-0.25, -0.2) is 4.79 Å². The average molecular weight is 382 g/mol. The van der Waals surface area contributed by atoms with Crippen LogP contribution in [0.4, 0.5) is 4.79 Å². The average Bonchev–Trinajstić information content (AvgIpc) is 2.77. The molecule has 0 unspecified atom stereocenters. The maximum atomic E-state index is 13.1. The topological polar surface area (TPSA) is 78.9 Å². The Morgan fingerprint density at radius 2 is 1.64 bits per heavy atom. The molecule has 0 aromatic heterocycles. The van der Waals surface area contributed by atoms with Gasteiger partial charge in [0.15, 0.2) is 0 Å². The standard InChI is InChI=1S/C22H26N2O4/c25-15-17-11-13-24(14-12-17)21(26)20(19-9-5-2-6-10-19)23-22(27)28-16-18-7-3-1-4-8-18/h1-10,17,20,25H,11-16H2,(H,23,27)/t20-/m1/s1. The van der Waals surface area contributed by atoms with Crippen LogP contribution in [-0.2, 0) is 16.1 Å². The van der Waals surface area contributed by atoms with Gasteiger partial charge < -0.3 is 20.1 Å². The largest absolute Gasteiger partial charge is 0.445 e. The highest BCUT2D eigenvalue weighted by Gasteiger charge is 2.30. The van der Waals surface area contributed by atoms with E-state index in [9.17, 15) is 14.7 Å². The molecule has 28 heavy (non-hydrogen) atoms. The van der Waals surface area contributed by atoms with Gasteiger partial charge in [0.25, 0.3) is 0 Å². The summed E-state index contributed by atoms with van der Waals surface area (Å²) in [5, 5.41) is 12.0. The Labute approximate surface area is 165 Å². The minimum atomic E-state index is -0.796. The van der Waals surface area contributed by atoms with Crippen LogP contribution in [0.5, 0.6) is 0 Å². The first-order valence-corrected chi connectivity index (χ1v) is 9.59. The first-order chi connectivity index (χ1) is 13.7. The van der Waals surface area contributed by atoms with Crippen molar-refractivity contribution in [3.63, 3.8) is 0 Å². The molecule has 1 fully saturated rings. The zero-order valence-corrected chi connectivity index (χ0v) is 15.8. The van der Waals surface area contributed by atoms with E-state index in [2.05, 4.69) is 5.32 Å². The predicted molar refractivity (Wildman–Crippen MR) is 105 cm³/mol. The van der Waals surface area contributed by atoms with Crippen molar-refractivity contribution in [3.8, 4) is 0 Å². The van der Waals surface area contributed by atoms with E-state index < -0.39 is 12.1 Å². The van der Waals surface area contributed by atoms with Gasteiger partial charge in [-0.15, -0.1) is 0 Å². The number of carbonyl (C=O) groups is 2. The second kappa shape index (κ2) is 9.90. The third-order valence-electron chi connectivity index (χ3n) is 5.04. The van der Waals surface area contributed by atoms with E-state index in [0.717, 1.165) is 18.4 Å². The van der Waals surface area contributed by atoms with Crippen LogP contribution in [0.15, 0.2) is 60.7 Å². The highest BCUT2D eigenvalue weighted by Crippen LogP contribution is 2.22. The summed E-state index contributed by atoms with van der Waals surface area (Å²) >= 11 is 0. The zero-order chi connectivity index (χ0) is 19.8. The highest BCUT2D eigenvalue weighted by atomic mass is 16.5. The third-order valence-corrected chi connectivity index (χ3v) is 5.04. The fourth-order valence-corrected chi connectivity index (χ4v) is 3.33. The molecule has 0 aliphatic carbocycles. The van der Waals surface area contributed by atoms with Crippen LogP contribution in [0.1, 0.15) is 30.0 Å². The van der Waals surface area contributed by atoms with Gasteiger partial charge in [-0.3, -0.25) is 4.79 Å². The van der Waals surface area contributed by atoms with E-state index in [4.69, 9.17) is 4.74 Å². The fraction of sp³-hybridized carbons (Fsp3) is 0.364. The molecule has 1 atom stereocenters. The highest BCUT2D eigenvalue weighted by molar-refractivity contribution is 5.87. The smallest absolute Gasteiger partial charge is 0.408 e. The molecular weight excluding hydrogens is 356 g/mol. The minimum Gasteiger partial charge on any atom is -0.445 e. The quantitative estimate of drug-likeness (QED) is 0.805. The molecule has 2 N–H and O–H groups in total. The molecule has 2 amide bonds. The Hall–Kier alpha value is -2.86. The third kappa shape index (κ3) is 5.33. The maximum Gasteiger partial charge on any atom is 0.408 e. The molecule has 2 aromatic carbocycles. The van der Waals surface area contributed by atoms with Gasteiger partial charge in [0.2, 0.25) is 5.91 Å². The molecular formula is C22H26N2O4. The Morgan fingerprint density at radius 3 is 2.25 bits per heavy atom. The van der Waals surface area contributed by atoms with Gasteiger partial charge in [0.05, 0.1) is 0 Å². The predicted octanol–water partition coefficient (Wildman–Crippen LogP) is 2.89. The zero-order valence-electron chi connectivity index (χ0n) is 15.8. The SMILES string of the molecule is O=C(N[C@@H](C(=O)N1CCC(CO)CC1)c1ccccc1)OCc1ccccc1. The van der Waals surface area contributed by atoms with Gasteiger partial charge >= 0.3 is 6.09 Å². The van der Waals surface area contributed by atoms with Gasteiger partial charge in [0.1, 0.15) is 12.6 Å². The Balaban J connectivity index is 1.65. The minimum absolute atomic E-state index is 0.143. The van der Waals surface area contributed by atoms with Crippen LogP contribution < -0.4 is 5.32 Å². The number of hydrogen-bond acceptors (Lipinski definition) is 4. The summed E-state index contributed by atoms with van der Waals surface area (Å²) in [6.45, 7) is 1.45. The summed E-state index contributed by atoms with van der Waals surface area (Å²) in [7, 11) is 0. The van der Waals surface area contributed by atoms with Gasteiger partial charge in [-0.2, -0.15) is 0 Å². The number of likely N-dealkylation sites (tertiary alicyclic amines) is 1. The molecule has 1 heterocycles. The number of aliphatic hydroxyl groups is 1. The second-order valence-electron chi connectivity index (χ2n) is 7.00. The van der Waals surface area contributed by atoms with E-state index in [1.165, 1.54) is 0 Å². The molecule has 3 rings (SSSR count). The van der Waals surface area contributed by atoms with Crippen LogP contribution in [-0.4, -0.2) is 41.7 Å². The van der Waals surface area contributed by atoms with Crippen LogP contribution in [0.3, 0.4) is 0 Å². The lowest BCUT2D eigenvalue weighted by Crippen LogP contribution is -2.46. The molecule has 1 aliphatic rings. The van der Waals surface area contributed by atoms with Crippen molar-refractivity contribution in [3.05, 3.63) is 71.8 Å². The summed E-state index contributed by atoms with van der Waals surface area (Å²) < 4.78 is 5.30. The van der Waals surface area contributed by atoms with E-state index in [1.807, 2.05) is 60.7 Å². The van der Waals surface area contributed by atoms with E-state index in [0.29, 0.717) is 18.7 Å². The van der Waals surface area contributed by atoms with Crippen molar-refractivity contribution >= 4 is 12.0 Å². The first-order valence-electron chi connectivity index (χ1n) is 9.59. The van der Waals surface area contributed by atoms with E-state index in [1.54, 1.807) is 4.90 Å². The van der Waals surface area contributed by atoms with Crippen LogP contribution in [0.2, 0.25) is 0 Å². The normalized spacial score (nSPS) is 15.7. The number of amides is 2. The Morgan fingerprint density at radius 1 is 1.04 bits per heavy atom. The Bertz CT molecular complexity index is 759. The number of piperidine rings is 1. The lowest BCUT2D eigenvalue weighted by atomic mass is 9.96. The van der Waals surface area contributed by atoms with Crippen molar-refractivity contribution in [2.24, 2.45) is 5.92 Å². The molecule has 0 radical (unpaired) electrons. The number of carbonyl (C=O) groups excluding carboxylic acids is 2. The molecule has 0 saturated carbocycles. The van der Waals surface area contributed by atoms with Gasteiger partial charge in [0, 0.05) is 19.7 Å². The molecule has 1 aliphatic heterocycles. The number of alkyl carbamates (subject to hydrolysis) is 1. The summed E-state index contributed by atoms with van der Waals surface area (Å²) in [6.07, 6.45) is 0.904. The number of nitrogens with one attached hydrogen (secondary N) is 1. The molecule has 0 bridgehead atoms. The number of ether oxygens (including phenoxy) is 1. The number of rotatable bonds is 6. The van der Waals surface area contributed by atoms with E-state index >= 15 is 0 Å². The van der Waals surface area contributed by atoms with Crippen LogP contribution in [0.25, 0.3) is 0 Å². The van der Waals surface area contributed by atoms with Crippen molar-refractivity contribution in [1.82, 2.24) is 10.2 Å². The van der Waals surface area contributed by atoms with Crippen LogP contribution >= 0.6 is 0 Å². The summed E-state index contributed by atoms with van der Waals surface area (Å²) in [4.78, 5) is 27.2. The summed E-state index contributed by atoms with van der Waals surface area (Å²) in [5.41, 5.74) is 1.60. The van der Waals surface area contributed by atoms with Crippen molar-refractivity contribution in [1.29, 1.82) is 0 Å². The van der Waals surface area contributed by atoms with E-state index in [-0.39, 0.29) is 25.0 Å². The number of nitrogens with zero attached hydrogens (tertiary/aromatic N) is 1. The molecule has 6 nitrogen and oxygen atoms in total. The molecule has 0 spiro atoms. The molecule has 1 saturated heterocycles. The number of benzene rings is 2. The lowest BCUT2D eigenvalue weighted by molar-refractivity contribution is -0.135. The number of hydrogen-bond donors (Lipinski definition) is 2. The van der Waals surface area contributed by atoms with Crippen molar-refractivity contribution in [2.45, 2.75) is 25.5 Å². The molecule has 2 aromatic rings. The second-order valence-corrected chi connectivity index (χ2v) is 7.00. The monoisotopic (exact) mass is 382 g/mol. The first kappa shape index (κ1) is 19.9. The number of aliphatic hydroxyl groups excluding tert-OH is 1. The van der Waals surface area contributed by atoms with Crippen LogP contribution in [0, 0.1) is 5.92 Å². The molecule has 6 heteroatoms. The lowest BCUT2D eigenvalue weighted by Gasteiger charge is -2.33. The maximum absolute atomic E-state index is 13.1. The summed E-state index contributed by atoms with van der Waals surface area (Å²) in [5.74, 6) is 0.0854.